The van der Waals surface area contributed by atoms with Crippen LogP contribution in [0.5, 0.6) is 0 Å². The number of aryl methyl sites for hydroxylation is 1. The molecule has 1 aromatic carbocycles. The van der Waals surface area contributed by atoms with Crippen molar-refractivity contribution >= 4 is 11.8 Å². The summed E-state index contributed by atoms with van der Waals surface area (Å²) in [4.78, 5) is 29.8. The molecule has 2 aliphatic rings. The molecule has 1 aromatic rings. The van der Waals surface area contributed by atoms with Gasteiger partial charge < -0.3 is 15.1 Å². The van der Waals surface area contributed by atoms with Crippen LogP contribution >= 0.6 is 0 Å². The molecule has 0 bridgehead atoms. The van der Waals surface area contributed by atoms with Crippen molar-refractivity contribution in [1.29, 1.82) is 0 Å². The summed E-state index contributed by atoms with van der Waals surface area (Å²) in [5.41, 5.74) is 2.13. The fourth-order valence-corrected chi connectivity index (χ4v) is 4.79. The van der Waals surface area contributed by atoms with Crippen molar-refractivity contribution in [3.63, 3.8) is 0 Å². The lowest BCUT2D eigenvalue weighted by atomic mass is 9.92. The van der Waals surface area contributed by atoms with Gasteiger partial charge in [-0.2, -0.15) is 0 Å². The van der Waals surface area contributed by atoms with Gasteiger partial charge in [0.25, 0.3) is 5.91 Å². The van der Waals surface area contributed by atoms with Crippen LogP contribution in [0.2, 0.25) is 0 Å². The Balaban J connectivity index is 1.41. The summed E-state index contributed by atoms with van der Waals surface area (Å²) in [6.45, 7) is 10.9. The number of nitrogens with zero attached hydrogens (tertiary/aromatic N) is 2. The molecule has 0 atom stereocenters. The number of carbonyl (C=O) groups is 2. The number of likely N-dealkylation sites (tertiary alicyclic amines) is 2. The van der Waals surface area contributed by atoms with Gasteiger partial charge in [-0.15, -0.1) is 0 Å². The third-order valence-corrected chi connectivity index (χ3v) is 6.87. The summed E-state index contributed by atoms with van der Waals surface area (Å²) in [6, 6.07) is 8.75. The lowest BCUT2D eigenvalue weighted by Crippen LogP contribution is -2.50. The van der Waals surface area contributed by atoms with E-state index in [4.69, 9.17) is 0 Å². The van der Waals surface area contributed by atoms with E-state index < -0.39 is 0 Å². The van der Waals surface area contributed by atoms with Crippen LogP contribution in [0.15, 0.2) is 24.3 Å². The zero-order chi connectivity index (χ0) is 22.2. The number of amides is 2. The van der Waals surface area contributed by atoms with Gasteiger partial charge in [-0.1, -0.05) is 39.3 Å². The normalized spacial score (nSPS) is 19.0. The summed E-state index contributed by atoms with van der Waals surface area (Å²) in [6.07, 6.45) is 7.45. The highest BCUT2D eigenvalue weighted by Crippen LogP contribution is 2.25. The van der Waals surface area contributed by atoms with Crippen molar-refractivity contribution in [2.75, 3.05) is 32.7 Å². The van der Waals surface area contributed by atoms with Crippen LogP contribution in [-0.2, 0) is 11.2 Å². The Morgan fingerprint density at radius 1 is 1.00 bits per heavy atom. The van der Waals surface area contributed by atoms with Crippen molar-refractivity contribution in [2.45, 2.75) is 71.8 Å². The van der Waals surface area contributed by atoms with E-state index in [0.717, 1.165) is 70.4 Å². The minimum Gasteiger partial charge on any atom is -0.356 e. The maximum Gasteiger partial charge on any atom is 0.253 e. The molecule has 0 aromatic heterocycles. The number of unbranched alkanes of at least 4 members (excludes halogenated alkanes) is 1. The topological polar surface area (TPSA) is 52.7 Å². The van der Waals surface area contributed by atoms with Crippen LogP contribution < -0.4 is 5.32 Å². The summed E-state index contributed by atoms with van der Waals surface area (Å²) in [5, 5.41) is 3.09. The second kappa shape index (κ2) is 11.7. The zero-order valence-electron chi connectivity index (χ0n) is 19.7. The third kappa shape index (κ3) is 6.80. The van der Waals surface area contributed by atoms with Gasteiger partial charge in [-0.05, 0) is 75.2 Å². The van der Waals surface area contributed by atoms with Crippen LogP contribution in [0.3, 0.4) is 0 Å². The number of nitrogens with one attached hydrogen (secondary N) is 1. The van der Waals surface area contributed by atoms with E-state index in [-0.39, 0.29) is 17.7 Å². The van der Waals surface area contributed by atoms with E-state index in [1.165, 1.54) is 18.4 Å². The first kappa shape index (κ1) is 23.8. The van der Waals surface area contributed by atoms with Gasteiger partial charge >= 0.3 is 0 Å². The smallest absolute Gasteiger partial charge is 0.253 e. The van der Waals surface area contributed by atoms with Crippen molar-refractivity contribution < 1.29 is 9.59 Å². The molecule has 3 rings (SSSR count). The van der Waals surface area contributed by atoms with E-state index >= 15 is 0 Å². The Kier molecular flexibility index (Phi) is 8.94. The quantitative estimate of drug-likeness (QED) is 0.679. The van der Waals surface area contributed by atoms with Crippen LogP contribution in [0.25, 0.3) is 0 Å². The van der Waals surface area contributed by atoms with Gasteiger partial charge in [0.2, 0.25) is 5.91 Å². The van der Waals surface area contributed by atoms with Crippen molar-refractivity contribution in [3.8, 4) is 0 Å². The van der Waals surface area contributed by atoms with Crippen molar-refractivity contribution in [3.05, 3.63) is 35.4 Å². The molecular weight excluding hydrogens is 386 g/mol. The monoisotopic (exact) mass is 427 g/mol. The van der Waals surface area contributed by atoms with Crippen LogP contribution in [-0.4, -0.2) is 60.4 Å². The van der Waals surface area contributed by atoms with Gasteiger partial charge in [-0.3, -0.25) is 9.59 Å². The van der Waals surface area contributed by atoms with Gasteiger partial charge in [-0.25, -0.2) is 0 Å². The Morgan fingerprint density at radius 2 is 1.65 bits per heavy atom. The summed E-state index contributed by atoms with van der Waals surface area (Å²) < 4.78 is 0. The molecule has 0 radical (unpaired) electrons. The summed E-state index contributed by atoms with van der Waals surface area (Å²) in [5.74, 6) is 1.06. The van der Waals surface area contributed by atoms with E-state index in [2.05, 4.69) is 43.1 Å². The highest BCUT2D eigenvalue weighted by molar-refractivity contribution is 5.94. The molecule has 0 aliphatic carbocycles. The van der Waals surface area contributed by atoms with Crippen LogP contribution in [0, 0.1) is 11.8 Å². The fourth-order valence-electron chi connectivity index (χ4n) is 4.79. The number of carbonyl (C=O) groups excluding carboxylic acids is 2. The maximum absolute atomic E-state index is 12.9. The molecule has 5 heteroatoms. The molecule has 1 N–H and O–H groups in total. The molecule has 0 unspecified atom stereocenters. The Morgan fingerprint density at radius 3 is 2.23 bits per heavy atom. The largest absolute Gasteiger partial charge is 0.356 e. The van der Waals surface area contributed by atoms with Crippen molar-refractivity contribution in [2.24, 2.45) is 11.8 Å². The molecule has 0 saturated carbocycles. The van der Waals surface area contributed by atoms with Crippen LogP contribution in [0.1, 0.15) is 75.2 Å². The number of hydrogen-bond donors (Lipinski definition) is 1. The van der Waals surface area contributed by atoms with Gasteiger partial charge in [0.15, 0.2) is 0 Å². The predicted octanol–water partition coefficient (Wildman–Crippen LogP) is 4.12. The highest BCUT2D eigenvalue weighted by Gasteiger charge is 2.31. The maximum atomic E-state index is 12.9. The molecule has 2 aliphatic heterocycles. The Hall–Kier alpha value is -1.88. The molecule has 2 heterocycles. The first-order valence-corrected chi connectivity index (χ1v) is 12.4. The SMILES string of the molecule is CCCCc1ccc(C(=O)N2CCC(N3CCC(C(=O)NCC(C)C)CC3)CC2)cc1. The van der Waals surface area contributed by atoms with Gasteiger partial charge in [0.1, 0.15) is 0 Å². The first-order chi connectivity index (χ1) is 15.0. The second-order valence-corrected chi connectivity index (χ2v) is 9.77. The van der Waals surface area contributed by atoms with E-state index in [9.17, 15) is 9.59 Å². The van der Waals surface area contributed by atoms with E-state index in [1.54, 1.807) is 0 Å². The molecule has 172 valence electrons. The number of rotatable bonds is 8. The number of hydrogen-bond acceptors (Lipinski definition) is 3. The fraction of sp³-hybridized carbons (Fsp3) is 0.692. The van der Waals surface area contributed by atoms with Crippen LogP contribution in [0.4, 0.5) is 0 Å². The van der Waals surface area contributed by atoms with Gasteiger partial charge in [0.05, 0.1) is 0 Å². The Labute approximate surface area is 188 Å². The summed E-state index contributed by atoms with van der Waals surface area (Å²) in [7, 11) is 0. The third-order valence-electron chi connectivity index (χ3n) is 6.87. The second-order valence-electron chi connectivity index (χ2n) is 9.77. The van der Waals surface area contributed by atoms with E-state index in [0.29, 0.717) is 12.0 Å². The Bertz CT molecular complexity index is 700. The average molecular weight is 428 g/mol. The highest BCUT2D eigenvalue weighted by atomic mass is 16.2. The predicted molar refractivity (Wildman–Crippen MR) is 126 cm³/mol. The molecule has 31 heavy (non-hydrogen) atoms. The number of piperidine rings is 2. The lowest BCUT2D eigenvalue weighted by molar-refractivity contribution is -0.126. The zero-order valence-corrected chi connectivity index (χ0v) is 19.7. The molecule has 2 amide bonds. The minimum atomic E-state index is 0.164. The lowest BCUT2D eigenvalue weighted by Gasteiger charge is -2.41. The van der Waals surface area contributed by atoms with Crippen molar-refractivity contribution in [1.82, 2.24) is 15.1 Å². The molecule has 0 spiro atoms. The van der Waals surface area contributed by atoms with Gasteiger partial charge in [0, 0.05) is 37.2 Å². The summed E-state index contributed by atoms with van der Waals surface area (Å²) >= 11 is 0. The molecule has 5 nitrogen and oxygen atoms in total. The molecule has 2 saturated heterocycles. The number of benzene rings is 1. The minimum absolute atomic E-state index is 0.164. The van der Waals surface area contributed by atoms with E-state index in [1.807, 2.05) is 17.0 Å². The standard InChI is InChI=1S/C26H41N3O2/c1-4-5-6-21-7-9-23(10-8-21)26(31)29-17-13-24(14-18-29)28-15-11-22(12-16-28)25(30)27-19-20(2)3/h7-10,20,22,24H,4-6,11-19H2,1-3H3,(H,27,30). The molecular formula is C26H41N3O2. The average Bonchev–Trinajstić information content (AvgIpc) is 2.81. The molecule has 2 fully saturated rings. The first-order valence-electron chi connectivity index (χ1n) is 12.4.